The smallest absolute Gasteiger partial charge is 0.280 e. The van der Waals surface area contributed by atoms with Gasteiger partial charge in [-0.3, -0.25) is 9.63 Å². The van der Waals surface area contributed by atoms with Gasteiger partial charge in [-0.2, -0.15) is 0 Å². The van der Waals surface area contributed by atoms with Crippen molar-refractivity contribution in [3.8, 4) is 5.75 Å². The van der Waals surface area contributed by atoms with Gasteiger partial charge in [0.15, 0.2) is 0 Å². The fraction of sp³-hybridized carbons (Fsp3) is 0.300. The first-order valence-electron chi connectivity index (χ1n) is 4.18. The van der Waals surface area contributed by atoms with Gasteiger partial charge in [0.1, 0.15) is 5.75 Å². The van der Waals surface area contributed by atoms with E-state index in [4.69, 9.17) is 4.84 Å². The molecule has 0 bridgehead atoms. The maximum Gasteiger partial charge on any atom is 0.280 e. The van der Waals surface area contributed by atoms with Crippen LogP contribution in [0.2, 0.25) is 0 Å². The van der Waals surface area contributed by atoms with Gasteiger partial charge in [-0.15, -0.1) is 0 Å². The number of hydrogen-bond acceptors (Lipinski definition) is 3. The topological polar surface area (TPSA) is 49.8 Å². The molecule has 0 unspecified atom stereocenters. The van der Waals surface area contributed by atoms with E-state index in [1.54, 1.807) is 12.1 Å². The standard InChI is InChI=1S/C10H13NO3/c1-7-4-5-9(12)8(6-7)10(13)11(2)14-3/h4-6,12H,1-3H3. The lowest BCUT2D eigenvalue weighted by Crippen LogP contribution is -2.25. The van der Waals surface area contributed by atoms with Crippen molar-refractivity contribution in [1.29, 1.82) is 0 Å². The Morgan fingerprint density at radius 3 is 2.71 bits per heavy atom. The van der Waals surface area contributed by atoms with Crippen molar-refractivity contribution in [3.63, 3.8) is 0 Å². The minimum Gasteiger partial charge on any atom is -0.507 e. The van der Waals surface area contributed by atoms with E-state index in [2.05, 4.69) is 0 Å². The predicted molar refractivity (Wildman–Crippen MR) is 51.9 cm³/mol. The SMILES string of the molecule is CON(C)C(=O)c1cc(C)ccc1O. The highest BCUT2D eigenvalue weighted by Gasteiger charge is 2.15. The van der Waals surface area contributed by atoms with Crippen LogP contribution in [-0.4, -0.2) is 30.2 Å². The number of carbonyl (C=O) groups excluding carboxylic acids is 1. The number of nitrogens with zero attached hydrogens (tertiary/aromatic N) is 1. The molecule has 14 heavy (non-hydrogen) atoms. The lowest BCUT2D eigenvalue weighted by Gasteiger charge is -2.14. The molecule has 1 aromatic carbocycles. The van der Waals surface area contributed by atoms with E-state index in [1.165, 1.54) is 20.2 Å². The summed E-state index contributed by atoms with van der Waals surface area (Å²) in [7, 11) is 2.88. The van der Waals surface area contributed by atoms with Crippen LogP contribution >= 0.6 is 0 Å². The second kappa shape index (κ2) is 4.11. The summed E-state index contributed by atoms with van der Waals surface area (Å²) in [5.41, 5.74) is 1.16. The Bertz CT molecular complexity index is 349. The van der Waals surface area contributed by atoms with Crippen molar-refractivity contribution in [2.45, 2.75) is 6.92 Å². The second-order valence-corrected chi connectivity index (χ2v) is 3.01. The molecule has 0 atom stereocenters. The number of amides is 1. The summed E-state index contributed by atoms with van der Waals surface area (Å²) in [5.74, 6) is -0.404. The molecule has 1 N–H and O–H groups in total. The van der Waals surface area contributed by atoms with Crippen molar-refractivity contribution < 1.29 is 14.7 Å². The minimum atomic E-state index is -0.367. The zero-order valence-electron chi connectivity index (χ0n) is 8.44. The number of carbonyl (C=O) groups is 1. The van der Waals surface area contributed by atoms with E-state index in [0.717, 1.165) is 10.6 Å². The van der Waals surface area contributed by atoms with E-state index >= 15 is 0 Å². The van der Waals surface area contributed by atoms with Crippen LogP contribution < -0.4 is 0 Å². The summed E-state index contributed by atoms with van der Waals surface area (Å²) in [6.07, 6.45) is 0. The number of aryl methyl sites for hydroxylation is 1. The fourth-order valence-corrected chi connectivity index (χ4v) is 1.07. The van der Waals surface area contributed by atoms with Crippen LogP contribution in [0.4, 0.5) is 0 Å². The Balaban J connectivity index is 3.06. The third-order valence-electron chi connectivity index (χ3n) is 1.94. The average molecular weight is 195 g/mol. The van der Waals surface area contributed by atoms with Gasteiger partial charge in [-0.1, -0.05) is 11.6 Å². The maximum absolute atomic E-state index is 11.6. The number of phenols is 1. The maximum atomic E-state index is 11.6. The molecule has 0 fully saturated rings. The highest BCUT2D eigenvalue weighted by atomic mass is 16.7. The Hall–Kier alpha value is -1.55. The Kier molecular flexibility index (Phi) is 3.09. The molecule has 0 aliphatic carbocycles. The third kappa shape index (κ3) is 2.03. The number of rotatable bonds is 2. The average Bonchev–Trinajstić information content (AvgIpc) is 2.19. The molecule has 0 aliphatic rings. The number of phenolic OH excluding ortho intramolecular Hbond substituents is 1. The second-order valence-electron chi connectivity index (χ2n) is 3.01. The van der Waals surface area contributed by atoms with E-state index in [0.29, 0.717) is 0 Å². The summed E-state index contributed by atoms with van der Waals surface area (Å²) in [4.78, 5) is 16.3. The summed E-state index contributed by atoms with van der Waals surface area (Å²) in [5, 5.41) is 10.5. The van der Waals surface area contributed by atoms with Crippen LogP contribution in [0.15, 0.2) is 18.2 Å². The Morgan fingerprint density at radius 1 is 1.50 bits per heavy atom. The Morgan fingerprint density at radius 2 is 2.14 bits per heavy atom. The molecule has 1 aromatic rings. The summed E-state index contributed by atoms with van der Waals surface area (Å²) in [6.45, 7) is 1.85. The molecule has 0 heterocycles. The first-order chi connectivity index (χ1) is 6.56. The van der Waals surface area contributed by atoms with Gasteiger partial charge in [0, 0.05) is 7.05 Å². The predicted octanol–water partition coefficient (Wildman–Crippen LogP) is 1.33. The van der Waals surface area contributed by atoms with Gasteiger partial charge >= 0.3 is 0 Å². The van der Waals surface area contributed by atoms with Crippen molar-refractivity contribution in [1.82, 2.24) is 5.06 Å². The van der Waals surface area contributed by atoms with Gasteiger partial charge < -0.3 is 5.11 Å². The van der Waals surface area contributed by atoms with E-state index in [1.807, 2.05) is 6.92 Å². The molecule has 0 spiro atoms. The van der Waals surface area contributed by atoms with Crippen LogP contribution in [0.5, 0.6) is 5.75 Å². The van der Waals surface area contributed by atoms with E-state index in [-0.39, 0.29) is 17.2 Å². The molecule has 0 aromatic heterocycles. The molecule has 1 rings (SSSR count). The molecule has 0 aliphatic heterocycles. The molecule has 76 valence electrons. The summed E-state index contributed by atoms with van der Waals surface area (Å²) >= 11 is 0. The van der Waals surface area contributed by atoms with Gasteiger partial charge in [0.2, 0.25) is 0 Å². The van der Waals surface area contributed by atoms with Crippen molar-refractivity contribution >= 4 is 5.91 Å². The molecule has 1 amide bonds. The minimum absolute atomic E-state index is 0.0375. The highest BCUT2D eigenvalue weighted by molar-refractivity contribution is 5.96. The lowest BCUT2D eigenvalue weighted by molar-refractivity contribution is -0.0758. The van der Waals surface area contributed by atoms with Gasteiger partial charge in [-0.25, -0.2) is 5.06 Å². The van der Waals surface area contributed by atoms with Crippen molar-refractivity contribution in [3.05, 3.63) is 29.3 Å². The molecule has 0 saturated heterocycles. The largest absolute Gasteiger partial charge is 0.507 e. The van der Waals surface area contributed by atoms with Crippen LogP contribution in [0.1, 0.15) is 15.9 Å². The quantitative estimate of drug-likeness (QED) is 0.724. The third-order valence-corrected chi connectivity index (χ3v) is 1.94. The van der Waals surface area contributed by atoms with Crippen LogP contribution in [-0.2, 0) is 4.84 Å². The first-order valence-corrected chi connectivity index (χ1v) is 4.18. The van der Waals surface area contributed by atoms with E-state index in [9.17, 15) is 9.90 Å². The number of hydroxylamine groups is 2. The monoisotopic (exact) mass is 195 g/mol. The molecule has 0 radical (unpaired) electrons. The zero-order chi connectivity index (χ0) is 10.7. The van der Waals surface area contributed by atoms with Gasteiger partial charge in [0.25, 0.3) is 5.91 Å². The Labute approximate surface area is 82.7 Å². The number of aromatic hydroxyl groups is 1. The molecular weight excluding hydrogens is 182 g/mol. The molecule has 4 heteroatoms. The normalized spacial score (nSPS) is 9.93. The molecule has 0 saturated carbocycles. The zero-order valence-corrected chi connectivity index (χ0v) is 8.44. The van der Waals surface area contributed by atoms with Crippen LogP contribution in [0.3, 0.4) is 0 Å². The van der Waals surface area contributed by atoms with Crippen molar-refractivity contribution in [2.24, 2.45) is 0 Å². The first kappa shape index (κ1) is 10.5. The van der Waals surface area contributed by atoms with Crippen LogP contribution in [0.25, 0.3) is 0 Å². The number of benzene rings is 1. The van der Waals surface area contributed by atoms with Crippen LogP contribution in [0, 0.1) is 6.92 Å². The summed E-state index contributed by atoms with van der Waals surface area (Å²) < 4.78 is 0. The van der Waals surface area contributed by atoms with Crippen molar-refractivity contribution in [2.75, 3.05) is 14.2 Å². The van der Waals surface area contributed by atoms with Gasteiger partial charge in [-0.05, 0) is 19.1 Å². The lowest BCUT2D eigenvalue weighted by atomic mass is 10.1. The fourth-order valence-electron chi connectivity index (χ4n) is 1.07. The van der Waals surface area contributed by atoms with Gasteiger partial charge in [0.05, 0.1) is 12.7 Å². The molecular formula is C10H13NO3. The highest BCUT2D eigenvalue weighted by Crippen LogP contribution is 2.19. The number of hydrogen-bond donors (Lipinski definition) is 1. The van der Waals surface area contributed by atoms with E-state index < -0.39 is 0 Å². The molecule has 4 nitrogen and oxygen atoms in total. The summed E-state index contributed by atoms with van der Waals surface area (Å²) in [6, 6.07) is 4.85.